The van der Waals surface area contributed by atoms with Crippen molar-refractivity contribution in [3.8, 4) is 0 Å². The van der Waals surface area contributed by atoms with Gasteiger partial charge in [0.2, 0.25) is 5.95 Å². The van der Waals surface area contributed by atoms with Crippen molar-refractivity contribution in [2.75, 3.05) is 36.0 Å². The second-order valence-electron chi connectivity index (χ2n) is 6.53. The van der Waals surface area contributed by atoms with Gasteiger partial charge in [-0.05, 0) is 19.9 Å². The summed E-state index contributed by atoms with van der Waals surface area (Å²) < 4.78 is 40.3. The fourth-order valence-corrected chi connectivity index (χ4v) is 3.23. The summed E-state index contributed by atoms with van der Waals surface area (Å²) in [6, 6.07) is 1.92. The third-order valence-electron chi connectivity index (χ3n) is 4.48. The van der Waals surface area contributed by atoms with Gasteiger partial charge in [0, 0.05) is 56.2 Å². The summed E-state index contributed by atoms with van der Waals surface area (Å²) in [6.45, 7) is 6.34. The largest absolute Gasteiger partial charge is 0.434 e. The van der Waals surface area contributed by atoms with Gasteiger partial charge in [0.05, 0.1) is 0 Å². The zero-order chi connectivity index (χ0) is 19.2. The summed E-state index contributed by atoms with van der Waals surface area (Å²) in [5.74, 6) is 1.13. The minimum Gasteiger partial charge on any atom is -0.350 e. The van der Waals surface area contributed by atoms with Gasteiger partial charge in [-0.25, -0.2) is 19.9 Å². The van der Waals surface area contributed by atoms with Gasteiger partial charge in [0.25, 0.3) is 0 Å². The predicted molar refractivity (Wildman–Crippen MR) is 93.9 cm³/mol. The molecule has 0 aromatic carbocycles. The number of hydrogen-bond acceptors (Lipinski definition) is 6. The molecule has 1 aliphatic heterocycles. The summed E-state index contributed by atoms with van der Waals surface area (Å²) in [7, 11) is 0. The Bertz CT molecular complexity index is 954. The number of anilines is 2. The Kier molecular flexibility index (Phi) is 4.12. The first-order valence-corrected chi connectivity index (χ1v) is 8.54. The first kappa shape index (κ1) is 17.5. The Labute approximate surface area is 153 Å². The molecular formula is C17H18F3N7. The van der Waals surface area contributed by atoms with Crippen LogP contribution in [0.4, 0.5) is 24.9 Å². The first-order chi connectivity index (χ1) is 12.8. The van der Waals surface area contributed by atoms with Gasteiger partial charge < -0.3 is 14.2 Å². The van der Waals surface area contributed by atoms with Crippen molar-refractivity contribution in [1.82, 2.24) is 24.3 Å². The SMILES string of the molecule is Cc1cc(C)nc(N2CCN(c3nccn4cc(C(F)(F)F)nc34)CC2)n1. The van der Waals surface area contributed by atoms with Crippen LogP contribution >= 0.6 is 0 Å². The molecule has 1 aliphatic rings. The summed E-state index contributed by atoms with van der Waals surface area (Å²) >= 11 is 0. The third kappa shape index (κ3) is 3.38. The fourth-order valence-electron chi connectivity index (χ4n) is 3.23. The van der Waals surface area contributed by atoms with Crippen molar-refractivity contribution in [2.24, 2.45) is 0 Å². The fraction of sp³-hybridized carbons (Fsp3) is 0.412. The lowest BCUT2D eigenvalue weighted by Crippen LogP contribution is -2.47. The van der Waals surface area contributed by atoms with Crippen LogP contribution in [0.5, 0.6) is 0 Å². The van der Waals surface area contributed by atoms with Gasteiger partial charge in [0.1, 0.15) is 0 Å². The van der Waals surface area contributed by atoms with Crippen LogP contribution in [-0.2, 0) is 6.18 Å². The maximum absolute atomic E-state index is 13.0. The van der Waals surface area contributed by atoms with Crippen LogP contribution in [0.1, 0.15) is 17.1 Å². The lowest BCUT2D eigenvalue weighted by atomic mass is 10.3. The van der Waals surface area contributed by atoms with Crippen LogP contribution < -0.4 is 9.80 Å². The normalized spacial score (nSPS) is 15.6. The average Bonchev–Trinajstić information content (AvgIpc) is 3.06. The molecule has 4 rings (SSSR count). The second-order valence-corrected chi connectivity index (χ2v) is 6.53. The molecule has 0 amide bonds. The van der Waals surface area contributed by atoms with Crippen LogP contribution in [0, 0.1) is 13.8 Å². The highest BCUT2D eigenvalue weighted by Crippen LogP contribution is 2.30. The zero-order valence-electron chi connectivity index (χ0n) is 14.9. The van der Waals surface area contributed by atoms with E-state index in [4.69, 9.17) is 0 Å². The van der Waals surface area contributed by atoms with Crippen molar-refractivity contribution in [1.29, 1.82) is 0 Å². The summed E-state index contributed by atoms with van der Waals surface area (Å²) in [4.78, 5) is 21.0. The van der Waals surface area contributed by atoms with E-state index < -0.39 is 11.9 Å². The number of hydrogen-bond donors (Lipinski definition) is 0. The zero-order valence-corrected chi connectivity index (χ0v) is 14.9. The van der Waals surface area contributed by atoms with Gasteiger partial charge in [-0.1, -0.05) is 0 Å². The smallest absolute Gasteiger partial charge is 0.350 e. The van der Waals surface area contributed by atoms with Crippen molar-refractivity contribution in [3.05, 3.63) is 41.7 Å². The van der Waals surface area contributed by atoms with Crippen LogP contribution in [0.25, 0.3) is 5.65 Å². The molecule has 7 nitrogen and oxygen atoms in total. The summed E-state index contributed by atoms with van der Waals surface area (Å²) in [5.41, 5.74) is 1.10. The van der Waals surface area contributed by atoms with Crippen molar-refractivity contribution < 1.29 is 13.2 Å². The van der Waals surface area contributed by atoms with Crippen molar-refractivity contribution in [2.45, 2.75) is 20.0 Å². The Balaban J connectivity index is 1.57. The molecular weight excluding hydrogens is 359 g/mol. The maximum atomic E-state index is 13.0. The lowest BCUT2D eigenvalue weighted by molar-refractivity contribution is -0.140. The quantitative estimate of drug-likeness (QED) is 0.684. The van der Waals surface area contributed by atoms with Gasteiger partial charge in [0.15, 0.2) is 17.2 Å². The monoisotopic (exact) mass is 377 g/mol. The highest BCUT2D eigenvalue weighted by atomic mass is 19.4. The van der Waals surface area contributed by atoms with Crippen molar-refractivity contribution >= 4 is 17.4 Å². The summed E-state index contributed by atoms with van der Waals surface area (Å²) in [6.07, 6.45) is -0.535. The van der Waals surface area contributed by atoms with Gasteiger partial charge in [-0.15, -0.1) is 0 Å². The molecule has 0 saturated carbocycles. The number of halogens is 3. The Morgan fingerprint density at radius 1 is 0.926 bits per heavy atom. The molecule has 0 aliphatic carbocycles. The van der Waals surface area contributed by atoms with Crippen LogP contribution in [0.2, 0.25) is 0 Å². The van der Waals surface area contributed by atoms with Crippen LogP contribution in [-0.4, -0.2) is 50.5 Å². The molecule has 0 atom stereocenters. The molecule has 0 bridgehead atoms. The van der Waals surface area contributed by atoms with Crippen molar-refractivity contribution in [3.63, 3.8) is 0 Å². The topological polar surface area (TPSA) is 62.5 Å². The van der Waals surface area contributed by atoms with E-state index in [1.807, 2.05) is 24.8 Å². The van der Waals surface area contributed by atoms with E-state index in [9.17, 15) is 13.2 Å². The molecule has 0 spiro atoms. The van der Waals surface area contributed by atoms with Gasteiger partial charge in [-0.3, -0.25) is 0 Å². The summed E-state index contributed by atoms with van der Waals surface area (Å²) in [5, 5.41) is 0. The third-order valence-corrected chi connectivity index (χ3v) is 4.48. The number of aromatic nitrogens is 5. The van der Waals surface area contributed by atoms with Gasteiger partial charge in [-0.2, -0.15) is 13.2 Å². The molecule has 1 fully saturated rings. The number of aryl methyl sites for hydroxylation is 2. The Morgan fingerprint density at radius 3 is 2.19 bits per heavy atom. The van der Waals surface area contributed by atoms with E-state index in [1.54, 1.807) is 0 Å². The van der Waals surface area contributed by atoms with E-state index >= 15 is 0 Å². The number of alkyl halides is 3. The molecule has 4 heterocycles. The number of nitrogens with zero attached hydrogens (tertiary/aromatic N) is 7. The maximum Gasteiger partial charge on any atom is 0.434 e. The molecule has 0 N–H and O–H groups in total. The van der Waals surface area contributed by atoms with E-state index in [0.29, 0.717) is 37.9 Å². The molecule has 27 heavy (non-hydrogen) atoms. The molecule has 3 aromatic heterocycles. The molecule has 0 unspecified atom stereocenters. The van der Waals surface area contributed by atoms with E-state index in [-0.39, 0.29) is 5.65 Å². The van der Waals surface area contributed by atoms with Crippen LogP contribution in [0.3, 0.4) is 0 Å². The minimum atomic E-state index is -4.48. The van der Waals surface area contributed by atoms with E-state index in [1.165, 1.54) is 16.8 Å². The van der Waals surface area contributed by atoms with Crippen LogP contribution in [0.15, 0.2) is 24.7 Å². The highest BCUT2D eigenvalue weighted by Gasteiger charge is 2.34. The molecule has 10 heteroatoms. The molecule has 1 saturated heterocycles. The van der Waals surface area contributed by atoms with E-state index in [0.717, 1.165) is 17.6 Å². The second kappa shape index (κ2) is 6.36. The molecule has 142 valence electrons. The number of fused-ring (bicyclic) bond motifs is 1. The number of rotatable bonds is 2. The average molecular weight is 377 g/mol. The standard InChI is InChI=1S/C17H18F3N7/c1-11-9-12(2)23-16(22-11)26-7-5-25(6-8-26)14-15-24-13(17(18,19)20)10-27(15)4-3-21-14/h3-4,9-10H,5-8H2,1-2H3. The Hall–Kier alpha value is -2.91. The predicted octanol–water partition coefficient (Wildman–Crippen LogP) is 2.48. The number of imidazole rings is 1. The van der Waals surface area contributed by atoms with Gasteiger partial charge >= 0.3 is 6.18 Å². The molecule has 3 aromatic rings. The molecule has 0 radical (unpaired) electrons. The lowest BCUT2D eigenvalue weighted by Gasteiger charge is -2.35. The highest BCUT2D eigenvalue weighted by molar-refractivity contribution is 5.65. The van der Waals surface area contributed by atoms with E-state index in [2.05, 4.69) is 24.8 Å². The minimum absolute atomic E-state index is 0.209. The Morgan fingerprint density at radius 2 is 1.56 bits per heavy atom. The number of piperazine rings is 1. The first-order valence-electron chi connectivity index (χ1n) is 8.54.